The van der Waals surface area contributed by atoms with Crippen molar-refractivity contribution in [3.8, 4) is 0 Å². The topological polar surface area (TPSA) is 47.1 Å². The zero-order valence-electron chi connectivity index (χ0n) is 13.2. The van der Waals surface area contributed by atoms with E-state index in [2.05, 4.69) is 37.0 Å². The molecule has 0 spiro atoms. The molecule has 0 aromatic carbocycles. The van der Waals surface area contributed by atoms with Crippen molar-refractivity contribution in [1.82, 2.24) is 14.7 Å². The number of likely N-dealkylation sites (tertiary alicyclic amines) is 1. The van der Waals surface area contributed by atoms with Gasteiger partial charge in [-0.1, -0.05) is 20.8 Å². The molecule has 2 rings (SSSR count). The molecule has 0 radical (unpaired) electrons. The lowest BCUT2D eigenvalue weighted by Crippen LogP contribution is -2.36. The average molecular weight is 301 g/mol. The number of aryl methyl sites for hydroxylation is 1. The van der Waals surface area contributed by atoms with Crippen LogP contribution in [0.3, 0.4) is 0 Å². The van der Waals surface area contributed by atoms with Gasteiger partial charge in [-0.2, -0.15) is 5.10 Å². The summed E-state index contributed by atoms with van der Waals surface area (Å²) in [6.07, 6.45) is 4.65. The van der Waals surface area contributed by atoms with Gasteiger partial charge in [0.15, 0.2) is 0 Å². The summed E-state index contributed by atoms with van der Waals surface area (Å²) in [6.45, 7) is 10.9. The molecule has 4 nitrogen and oxygen atoms in total. The van der Waals surface area contributed by atoms with Crippen molar-refractivity contribution in [2.45, 2.75) is 45.6 Å². The first-order valence-corrected chi connectivity index (χ1v) is 7.35. The molecule has 0 saturated carbocycles. The van der Waals surface area contributed by atoms with E-state index in [1.165, 1.54) is 37.2 Å². The molecule has 1 fully saturated rings. The second kappa shape index (κ2) is 6.92. The number of rotatable bonds is 3. The number of piperidine rings is 1. The smallest absolute Gasteiger partial charge is 0.0722 e. The Labute approximate surface area is 129 Å². The van der Waals surface area contributed by atoms with E-state index in [9.17, 15) is 0 Å². The summed E-state index contributed by atoms with van der Waals surface area (Å²) in [5, 5.41) is 4.65. The predicted molar refractivity (Wildman–Crippen MR) is 86.2 cm³/mol. The first-order valence-electron chi connectivity index (χ1n) is 7.35. The van der Waals surface area contributed by atoms with Gasteiger partial charge in [0.05, 0.1) is 5.69 Å². The Morgan fingerprint density at radius 2 is 1.90 bits per heavy atom. The van der Waals surface area contributed by atoms with Gasteiger partial charge in [0.1, 0.15) is 0 Å². The molecule has 0 unspecified atom stereocenters. The van der Waals surface area contributed by atoms with E-state index in [-0.39, 0.29) is 17.8 Å². The SMILES string of the molecule is Cl.Cn1cc(CN2CCC(CN)CC2)c(C(C)(C)C)n1. The van der Waals surface area contributed by atoms with Crippen molar-refractivity contribution in [3.05, 3.63) is 17.5 Å². The van der Waals surface area contributed by atoms with Gasteiger partial charge in [0, 0.05) is 30.8 Å². The van der Waals surface area contributed by atoms with Gasteiger partial charge in [0.2, 0.25) is 0 Å². The summed E-state index contributed by atoms with van der Waals surface area (Å²) < 4.78 is 1.95. The predicted octanol–water partition coefficient (Wildman–Crippen LogP) is 2.31. The second-order valence-corrected chi connectivity index (χ2v) is 6.88. The molecule has 1 aliphatic rings. The van der Waals surface area contributed by atoms with Crippen molar-refractivity contribution >= 4 is 12.4 Å². The summed E-state index contributed by atoms with van der Waals surface area (Å²) in [6, 6.07) is 0. The highest BCUT2D eigenvalue weighted by Gasteiger charge is 2.24. The molecule has 5 heteroatoms. The Morgan fingerprint density at radius 1 is 1.30 bits per heavy atom. The van der Waals surface area contributed by atoms with Crippen molar-refractivity contribution in [1.29, 1.82) is 0 Å². The molecule has 0 bridgehead atoms. The van der Waals surface area contributed by atoms with Gasteiger partial charge < -0.3 is 5.73 Å². The van der Waals surface area contributed by atoms with Crippen LogP contribution < -0.4 is 5.73 Å². The number of hydrogen-bond donors (Lipinski definition) is 1. The van der Waals surface area contributed by atoms with Gasteiger partial charge in [-0.3, -0.25) is 9.58 Å². The molecule has 1 aromatic heterocycles. The monoisotopic (exact) mass is 300 g/mol. The lowest BCUT2D eigenvalue weighted by atomic mass is 9.89. The molecular formula is C15H29ClN4. The second-order valence-electron chi connectivity index (χ2n) is 6.88. The van der Waals surface area contributed by atoms with Gasteiger partial charge >= 0.3 is 0 Å². The fourth-order valence-electron chi connectivity index (χ4n) is 2.91. The van der Waals surface area contributed by atoms with Gasteiger partial charge in [-0.25, -0.2) is 0 Å². The molecule has 116 valence electrons. The number of aromatic nitrogens is 2. The lowest BCUT2D eigenvalue weighted by molar-refractivity contribution is 0.179. The molecule has 20 heavy (non-hydrogen) atoms. The van der Waals surface area contributed by atoms with Crippen LogP contribution in [0.25, 0.3) is 0 Å². The minimum atomic E-state index is 0. The zero-order valence-corrected chi connectivity index (χ0v) is 14.0. The first-order chi connectivity index (χ1) is 8.90. The van der Waals surface area contributed by atoms with Crippen LogP contribution in [-0.4, -0.2) is 34.3 Å². The van der Waals surface area contributed by atoms with Gasteiger partial charge in [-0.15, -0.1) is 12.4 Å². The van der Waals surface area contributed by atoms with Crippen LogP contribution in [-0.2, 0) is 19.0 Å². The quantitative estimate of drug-likeness (QED) is 0.932. The third-order valence-corrected chi connectivity index (χ3v) is 4.05. The molecule has 1 aliphatic heterocycles. The number of nitrogens with zero attached hydrogens (tertiary/aromatic N) is 3. The Hall–Kier alpha value is -0.580. The van der Waals surface area contributed by atoms with Crippen molar-refractivity contribution in [3.63, 3.8) is 0 Å². The molecule has 1 aromatic rings. The maximum Gasteiger partial charge on any atom is 0.0722 e. The molecule has 1 saturated heterocycles. The summed E-state index contributed by atoms with van der Waals surface area (Å²) in [4.78, 5) is 2.54. The maximum absolute atomic E-state index is 5.75. The fraction of sp³-hybridized carbons (Fsp3) is 0.800. The van der Waals surface area contributed by atoms with Crippen LogP contribution in [0.2, 0.25) is 0 Å². The van der Waals surface area contributed by atoms with E-state index >= 15 is 0 Å². The van der Waals surface area contributed by atoms with Crippen LogP contribution in [0.5, 0.6) is 0 Å². The number of hydrogen-bond acceptors (Lipinski definition) is 3. The first kappa shape index (κ1) is 17.5. The van der Waals surface area contributed by atoms with Gasteiger partial charge in [-0.05, 0) is 38.4 Å². The van der Waals surface area contributed by atoms with Crippen LogP contribution in [0.1, 0.15) is 44.9 Å². The van der Waals surface area contributed by atoms with E-state index in [1.807, 2.05) is 11.7 Å². The van der Waals surface area contributed by atoms with E-state index in [1.54, 1.807) is 0 Å². The van der Waals surface area contributed by atoms with Crippen LogP contribution in [0, 0.1) is 5.92 Å². The largest absolute Gasteiger partial charge is 0.330 e. The Balaban J connectivity index is 0.00000200. The molecule has 0 amide bonds. The normalized spacial score (nSPS) is 18.1. The van der Waals surface area contributed by atoms with Crippen molar-refractivity contribution < 1.29 is 0 Å². The van der Waals surface area contributed by atoms with Crippen LogP contribution >= 0.6 is 12.4 Å². The van der Waals surface area contributed by atoms with Crippen molar-refractivity contribution in [2.24, 2.45) is 18.7 Å². The Morgan fingerprint density at radius 3 is 2.40 bits per heavy atom. The molecular weight excluding hydrogens is 272 g/mol. The highest BCUT2D eigenvalue weighted by molar-refractivity contribution is 5.85. The van der Waals surface area contributed by atoms with E-state index in [4.69, 9.17) is 5.73 Å². The van der Waals surface area contributed by atoms with Gasteiger partial charge in [0.25, 0.3) is 0 Å². The molecule has 2 N–H and O–H groups in total. The average Bonchev–Trinajstić information content (AvgIpc) is 2.71. The minimum Gasteiger partial charge on any atom is -0.330 e. The fourth-order valence-corrected chi connectivity index (χ4v) is 2.91. The Bertz CT molecular complexity index is 414. The van der Waals surface area contributed by atoms with Crippen LogP contribution in [0.15, 0.2) is 6.20 Å². The third-order valence-electron chi connectivity index (χ3n) is 4.05. The van der Waals surface area contributed by atoms with E-state index < -0.39 is 0 Å². The van der Waals surface area contributed by atoms with E-state index in [0.717, 1.165) is 19.0 Å². The molecule has 2 heterocycles. The highest BCUT2D eigenvalue weighted by atomic mass is 35.5. The lowest BCUT2D eigenvalue weighted by Gasteiger charge is -2.31. The number of halogens is 1. The van der Waals surface area contributed by atoms with E-state index in [0.29, 0.717) is 0 Å². The summed E-state index contributed by atoms with van der Waals surface area (Å²) >= 11 is 0. The Kier molecular flexibility index (Phi) is 6.05. The number of nitrogens with two attached hydrogens (primary N) is 1. The standard InChI is InChI=1S/C15H28N4.ClH/c1-15(2,3)14-13(10-18(4)17-14)11-19-7-5-12(9-16)6-8-19;/h10,12H,5-9,11,16H2,1-4H3;1H. The highest BCUT2D eigenvalue weighted by Crippen LogP contribution is 2.26. The minimum absolute atomic E-state index is 0. The van der Waals surface area contributed by atoms with Crippen LogP contribution in [0.4, 0.5) is 0 Å². The molecule has 0 aliphatic carbocycles. The zero-order chi connectivity index (χ0) is 14.0. The third kappa shape index (κ3) is 4.21. The summed E-state index contributed by atoms with van der Waals surface area (Å²) in [5.41, 5.74) is 8.48. The maximum atomic E-state index is 5.75. The molecule has 0 atom stereocenters. The summed E-state index contributed by atoms with van der Waals surface area (Å²) in [5.74, 6) is 0.729. The van der Waals surface area contributed by atoms with Crippen molar-refractivity contribution in [2.75, 3.05) is 19.6 Å². The summed E-state index contributed by atoms with van der Waals surface area (Å²) in [7, 11) is 2.01.